The standard InChI is InChI=1S/C14H22BrN5/c1-19-6-3-7-20(2)10(8-19)14-17-12(9-4-5-9)11(15)13(16)18-14/h9-10H,3-8H2,1-2H3,(H2,16,17,18). The summed E-state index contributed by atoms with van der Waals surface area (Å²) >= 11 is 3.55. The lowest BCUT2D eigenvalue weighted by Gasteiger charge is -2.26. The summed E-state index contributed by atoms with van der Waals surface area (Å²) in [6, 6.07) is 0.232. The second kappa shape index (κ2) is 5.58. The summed E-state index contributed by atoms with van der Waals surface area (Å²) < 4.78 is 0.897. The van der Waals surface area contributed by atoms with Gasteiger partial charge in [0.15, 0.2) is 0 Å². The molecule has 1 aliphatic carbocycles. The fraction of sp³-hybridized carbons (Fsp3) is 0.714. The average molecular weight is 340 g/mol. The molecule has 1 unspecified atom stereocenters. The number of hydrogen-bond donors (Lipinski definition) is 1. The Labute approximate surface area is 128 Å². The normalized spacial score (nSPS) is 25.6. The van der Waals surface area contributed by atoms with Crippen LogP contribution in [0.4, 0.5) is 5.82 Å². The third-order valence-corrected chi connectivity index (χ3v) is 5.06. The molecule has 6 heteroatoms. The maximum absolute atomic E-state index is 6.08. The average Bonchev–Trinajstić information content (AvgIpc) is 3.23. The Morgan fingerprint density at radius 1 is 1.20 bits per heavy atom. The van der Waals surface area contributed by atoms with Gasteiger partial charge in [-0.05, 0) is 62.4 Å². The van der Waals surface area contributed by atoms with Gasteiger partial charge in [0, 0.05) is 12.5 Å². The number of likely N-dealkylation sites (N-methyl/N-ethyl adjacent to an activating group) is 2. The molecule has 0 spiro atoms. The van der Waals surface area contributed by atoms with Gasteiger partial charge < -0.3 is 10.6 Å². The van der Waals surface area contributed by atoms with Gasteiger partial charge in [0.05, 0.1) is 16.2 Å². The summed E-state index contributed by atoms with van der Waals surface area (Å²) in [5, 5.41) is 0. The van der Waals surface area contributed by atoms with E-state index >= 15 is 0 Å². The molecule has 2 aliphatic rings. The first-order chi connectivity index (χ1) is 9.56. The third-order valence-electron chi connectivity index (χ3n) is 4.25. The molecule has 0 bridgehead atoms. The Hall–Kier alpha value is -0.720. The minimum atomic E-state index is 0.232. The largest absolute Gasteiger partial charge is 0.383 e. The van der Waals surface area contributed by atoms with Crippen molar-refractivity contribution < 1.29 is 0 Å². The minimum Gasteiger partial charge on any atom is -0.383 e. The van der Waals surface area contributed by atoms with E-state index in [2.05, 4.69) is 44.8 Å². The van der Waals surface area contributed by atoms with Crippen molar-refractivity contribution in [3.05, 3.63) is 16.0 Å². The lowest BCUT2D eigenvalue weighted by molar-refractivity contribution is 0.219. The Kier molecular flexibility index (Phi) is 3.97. The predicted molar refractivity (Wildman–Crippen MR) is 83.6 cm³/mol. The first-order valence-electron chi connectivity index (χ1n) is 7.28. The van der Waals surface area contributed by atoms with E-state index in [4.69, 9.17) is 10.7 Å². The molecule has 3 rings (SSSR count). The van der Waals surface area contributed by atoms with Crippen LogP contribution in [-0.4, -0.2) is 53.5 Å². The topological polar surface area (TPSA) is 58.3 Å². The summed E-state index contributed by atoms with van der Waals surface area (Å²) in [4.78, 5) is 14.1. The van der Waals surface area contributed by atoms with E-state index in [1.54, 1.807) is 0 Å². The van der Waals surface area contributed by atoms with Crippen LogP contribution in [0.1, 0.15) is 42.7 Å². The van der Waals surface area contributed by atoms with Crippen molar-refractivity contribution in [2.45, 2.75) is 31.2 Å². The molecule has 0 aromatic carbocycles. The fourth-order valence-electron chi connectivity index (χ4n) is 2.83. The molecule has 1 aromatic rings. The number of nitrogen functional groups attached to an aromatic ring is 1. The highest BCUT2D eigenvalue weighted by Gasteiger charge is 2.31. The van der Waals surface area contributed by atoms with Crippen LogP contribution in [-0.2, 0) is 0 Å². The first kappa shape index (κ1) is 14.2. The van der Waals surface area contributed by atoms with Gasteiger partial charge in [0.25, 0.3) is 0 Å². The van der Waals surface area contributed by atoms with Crippen molar-refractivity contribution in [3.8, 4) is 0 Å². The molecule has 1 saturated carbocycles. The van der Waals surface area contributed by atoms with Crippen LogP contribution in [0.15, 0.2) is 4.47 Å². The third kappa shape index (κ3) is 2.82. The summed E-state index contributed by atoms with van der Waals surface area (Å²) in [6.45, 7) is 3.16. The van der Waals surface area contributed by atoms with Gasteiger partial charge in [-0.3, -0.25) is 4.90 Å². The van der Waals surface area contributed by atoms with E-state index in [1.807, 2.05) is 0 Å². The van der Waals surface area contributed by atoms with Crippen LogP contribution in [0.2, 0.25) is 0 Å². The van der Waals surface area contributed by atoms with Gasteiger partial charge in [-0.2, -0.15) is 0 Å². The maximum atomic E-state index is 6.08. The summed E-state index contributed by atoms with van der Waals surface area (Å²) in [5.41, 5.74) is 7.19. The van der Waals surface area contributed by atoms with Crippen molar-refractivity contribution in [1.29, 1.82) is 0 Å². The van der Waals surface area contributed by atoms with Crippen molar-refractivity contribution in [2.24, 2.45) is 0 Å². The molecule has 2 heterocycles. The molecule has 1 aliphatic heterocycles. The van der Waals surface area contributed by atoms with E-state index in [9.17, 15) is 0 Å². The number of anilines is 1. The highest BCUT2D eigenvalue weighted by Crippen LogP contribution is 2.43. The molecule has 1 saturated heterocycles. The summed E-state index contributed by atoms with van der Waals surface area (Å²) in [6.07, 6.45) is 3.62. The predicted octanol–water partition coefficient (Wildman–Crippen LogP) is 2.01. The fourth-order valence-corrected chi connectivity index (χ4v) is 3.33. The van der Waals surface area contributed by atoms with Crippen molar-refractivity contribution in [1.82, 2.24) is 19.8 Å². The van der Waals surface area contributed by atoms with Crippen molar-refractivity contribution in [3.63, 3.8) is 0 Å². The number of aromatic nitrogens is 2. The van der Waals surface area contributed by atoms with Crippen LogP contribution in [0.25, 0.3) is 0 Å². The zero-order valence-corrected chi connectivity index (χ0v) is 13.7. The Balaban J connectivity index is 1.95. The van der Waals surface area contributed by atoms with E-state index in [0.29, 0.717) is 11.7 Å². The molecule has 110 valence electrons. The van der Waals surface area contributed by atoms with Gasteiger partial charge in [-0.1, -0.05) is 0 Å². The van der Waals surface area contributed by atoms with Gasteiger partial charge in [-0.25, -0.2) is 9.97 Å². The second-order valence-electron chi connectivity index (χ2n) is 6.05. The zero-order valence-electron chi connectivity index (χ0n) is 12.1. The number of nitrogens with two attached hydrogens (primary N) is 1. The number of nitrogens with zero attached hydrogens (tertiary/aromatic N) is 4. The molecule has 20 heavy (non-hydrogen) atoms. The Bertz CT molecular complexity index is 503. The van der Waals surface area contributed by atoms with E-state index in [0.717, 1.165) is 35.6 Å². The molecule has 0 amide bonds. The lowest BCUT2D eigenvalue weighted by Crippen LogP contribution is -2.32. The lowest BCUT2D eigenvalue weighted by atomic mass is 10.2. The van der Waals surface area contributed by atoms with Gasteiger partial charge >= 0.3 is 0 Å². The second-order valence-corrected chi connectivity index (χ2v) is 6.85. The van der Waals surface area contributed by atoms with Crippen LogP contribution < -0.4 is 5.73 Å². The molecular weight excluding hydrogens is 318 g/mol. The summed E-state index contributed by atoms with van der Waals surface area (Å²) in [7, 11) is 4.32. The molecule has 2 fully saturated rings. The van der Waals surface area contributed by atoms with Crippen molar-refractivity contribution >= 4 is 21.7 Å². The zero-order chi connectivity index (χ0) is 14.3. The first-order valence-corrected chi connectivity index (χ1v) is 8.07. The quantitative estimate of drug-likeness (QED) is 0.893. The van der Waals surface area contributed by atoms with E-state index in [-0.39, 0.29) is 6.04 Å². The molecule has 0 radical (unpaired) electrons. The molecule has 1 aromatic heterocycles. The Morgan fingerprint density at radius 2 is 1.95 bits per heavy atom. The molecule has 1 atom stereocenters. The monoisotopic (exact) mass is 339 g/mol. The molecule has 2 N–H and O–H groups in total. The van der Waals surface area contributed by atoms with Crippen LogP contribution in [0.5, 0.6) is 0 Å². The summed E-state index contributed by atoms with van der Waals surface area (Å²) in [5.74, 6) is 2.03. The highest BCUT2D eigenvalue weighted by atomic mass is 79.9. The highest BCUT2D eigenvalue weighted by molar-refractivity contribution is 9.10. The Morgan fingerprint density at radius 3 is 2.65 bits per heavy atom. The van der Waals surface area contributed by atoms with Gasteiger partial charge in [-0.15, -0.1) is 0 Å². The smallest absolute Gasteiger partial charge is 0.149 e. The SMILES string of the molecule is CN1CCCN(C)C(c2nc(N)c(Br)c(C3CC3)n2)C1. The minimum absolute atomic E-state index is 0.232. The van der Waals surface area contributed by atoms with Crippen molar-refractivity contribution in [2.75, 3.05) is 39.5 Å². The van der Waals surface area contributed by atoms with Gasteiger partial charge in [0.2, 0.25) is 0 Å². The molecule has 5 nitrogen and oxygen atoms in total. The van der Waals surface area contributed by atoms with Crippen LogP contribution in [0.3, 0.4) is 0 Å². The van der Waals surface area contributed by atoms with Gasteiger partial charge in [0.1, 0.15) is 11.6 Å². The van der Waals surface area contributed by atoms with Crippen LogP contribution in [0, 0.1) is 0 Å². The maximum Gasteiger partial charge on any atom is 0.149 e. The number of hydrogen-bond acceptors (Lipinski definition) is 5. The van der Waals surface area contributed by atoms with E-state index < -0.39 is 0 Å². The number of halogens is 1. The molecular formula is C14H22BrN5. The van der Waals surface area contributed by atoms with Crippen LogP contribution >= 0.6 is 15.9 Å². The number of rotatable bonds is 2. The van der Waals surface area contributed by atoms with E-state index in [1.165, 1.54) is 19.3 Å².